The number of halogens is 2. The molecule has 1 aromatic rings. The van der Waals surface area contributed by atoms with E-state index in [0.717, 1.165) is 24.8 Å². The van der Waals surface area contributed by atoms with Crippen molar-refractivity contribution < 1.29 is 13.5 Å². The standard InChI is InChI=1S/C14H21F2NO/c1-3-7-12(4-2)17-10-11-8-5-6-9-13(11)18-14(15)16/h5-6,8-9,12,14,17H,3-4,7,10H2,1-2H3. The van der Waals surface area contributed by atoms with Gasteiger partial charge in [-0.25, -0.2) is 0 Å². The molecular formula is C14H21F2NO. The number of ether oxygens (including phenoxy) is 1. The maximum absolute atomic E-state index is 12.2. The van der Waals surface area contributed by atoms with E-state index < -0.39 is 6.61 Å². The first-order valence-corrected chi connectivity index (χ1v) is 6.43. The summed E-state index contributed by atoms with van der Waals surface area (Å²) in [5, 5.41) is 3.38. The minimum Gasteiger partial charge on any atom is -0.434 e. The van der Waals surface area contributed by atoms with Crippen LogP contribution in [0.25, 0.3) is 0 Å². The van der Waals surface area contributed by atoms with Crippen LogP contribution in [0.4, 0.5) is 8.78 Å². The molecule has 0 saturated heterocycles. The zero-order chi connectivity index (χ0) is 13.4. The first-order chi connectivity index (χ1) is 8.67. The lowest BCUT2D eigenvalue weighted by Gasteiger charge is -2.17. The van der Waals surface area contributed by atoms with Crippen molar-refractivity contribution in [2.45, 2.75) is 52.3 Å². The minimum atomic E-state index is -2.77. The SMILES string of the molecule is CCCC(CC)NCc1ccccc1OC(F)F. The van der Waals surface area contributed by atoms with Crippen LogP contribution in [0.5, 0.6) is 5.75 Å². The second-order valence-corrected chi connectivity index (χ2v) is 4.26. The van der Waals surface area contributed by atoms with Gasteiger partial charge in [0.1, 0.15) is 5.75 Å². The molecule has 0 heterocycles. The van der Waals surface area contributed by atoms with Crippen LogP contribution in [0.2, 0.25) is 0 Å². The number of hydrogen-bond acceptors (Lipinski definition) is 2. The topological polar surface area (TPSA) is 21.3 Å². The highest BCUT2D eigenvalue weighted by Crippen LogP contribution is 2.20. The van der Waals surface area contributed by atoms with Crippen molar-refractivity contribution in [3.05, 3.63) is 29.8 Å². The van der Waals surface area contributed by atoms with Crippen LogP contribution in [0.3, 0.4) is 0 Å². The van der Waals surface area contributed by atoms with Gasteiger partial charge in [0.25, 0.3) is 0 Å². The summed E-state index contributed by atoms with van der Waals surface area (Å²) in [6.45, 7) is 2.04. The molecule has 0 spiro atoms. The molecule has 102 valence electrons. The van der Waals surface area contributed by atoms with Crippen LogP contribution in [0.1, 0.15) is 38.7 Å². The second kappa shape index (κ2) is 8.03. The molecular weight excluding hydrogens is 236 g/mol. The highest BCUT2D eigenvalue weighted by molar-refractivity contribution is 5.33. The van der Waals surface area contributed by atoms with Gasteiger partial charge in [0.2, 0.25) is 0 Å². The summed E-state index contributed by atoms with van der Waals surface area (Å²) in [7, 11) is 0. The molecule has 0 radical (unpaired) electrons. The van der Waals surface area contributed by atoms with Crippen molar-refractivity contribution in [3.8, 4) is 5.75 Å². The molecule has 0 amide bonds. The predicted octanol–water partition coefficient (Wildman–Crippen LogP) is 3.96. The van der Waals surface area contributed by atoms with Crippen LogP contribution in [0, 0.1) is 0 Å². The Morgan fingerprint density at radius 2 is 1.94 bits per heavy atom. The third kappa shape index (κ3) is 5.00. The first-order valence-electron chi connectivity index (χ1n) is 6.43. The molecule has 2 nitrogen and oxygen atoms in total. The van der Waals surface area contributed by atoms with Gasteiger partial charge >= 0.3 is 6.61 Å². The van der Waals surface area contributed by atoms with Crippen LogP contribution in [-0.4, -0.2) is 12.7 Å². The molecule has 0 bridgehead atoms. The van der Waals surface area contributed by atoms with Gasteiger partial charge in [-0.3, -0.25) is 0 Å². The van der Waals surface area contributed by atoms with E-state index in [0.29, 0.717) is 12.6 Å². The Balaban J connectivity index is 2.60. The molecule has 0 saturated carbocycles. The van der Waals surface area contributed by atoms with Crippen LogP contribution >= 0.6 is 0 Å². The van der Waals surface area contributed by atoms with Gasteiger partial charge in [0.15, 0.2) is 0 Å². The van der Waals surface area contributed by atoms with Crippen molar-refractivity contribution in [2.24, 2.45) is 0 Å². The maximum atomic E-state index is 12.2. The fourth-order valence-corrected chi connectivity index (χ4v) is 1.91. The Hall–Kier alpha value is -1.16. The van der Waals surface area contributed by atoms with Gasteiger partial charge in [-0.05, 0) is 18.9 Å². The van der Waals surface area contributed by atoms with E-state index in [1.54, 1.807) is 12.1 Å². The Morgan fingerprint density at radius 1 is 1.22 bits per heavy atom. The number of nitrogens with one attached hydrogen (secondary N) is 1. The van der Waals surface area contributed by atoms with E-state index >= 15 is 0 Å². The summed E-state index contributed by atoms with van der Waals surface area (Å²) < 4.78 is 29.0. The lowest BCUT2D eigenvalue weighted by atomic mass is 10.1. The zero-order valence-electron chi connectivity index (χ0n) is 11.0. The van der Waals surface area contributed by atoms with Gasteiger partial charge in [-0.1, -0.05) is 38.5 Å². The van der Waals surface area contributed by atoms with Crippen molar-refractivity contribution in [1.29, 1.82) is 0 Å². The molecule has 0 aliphatic carbocycles. The monoisotopic (exact) mass is 257 g/mol. The molecule has 1 aromatic carbocycles. The smallest absolute Gasteiger partial charge is 0.387 e. The van der Waals surface area contributed by atoms with Crippen molar-refractivity contribution in [1.82, 2.24) is 5.32 Å². The number of para-hydroxylation sites is 1. The van der Waals surface area contributed by atoms with E-state index in [9.17, 15) is 8.78 Å². The lowest BCUT2D eigenvalue weighted by Crippen LogP contribution is -2.27. The number of alkyl halides is 2. The summed E-state index contributed by atoms with van der Waals surface area (Å²) in [6, 6.07) is 7.34. The van der Waals surface area contributed by atoms with E-state index in [4.69, 9.17) is 0 Å². The molecule has 0 aliphatic rings. The molecule has 1 N–H and O–H groups in total. The average Bonchev–Trinajstić information content (AvgIpc) is 2.35. The molecule has 18 heavy (non-hydrogen) atoms. The molecule has 0 aliphatic heterocycles. The van der Waals surface area contributed by atoms with Crippen LogP contribution in [0.15, 0.2) is 24.3 Å². The van der Waals surface area contributed by atoms with Crippen molar-refractivity contribution >= 4 is 0 Å². The minimum absolute atomic E-state index is 0.256. The Morgan fingerprint density at radius 3 is 2.56 bits per heavy atom. The van der Waals surface area contributed by atoms with Crippen molar-refractivity contribution in [3.63, 3.8) is 0 Å². The summed E-state index contributed by atoms with van der Waals surface area (Å²) >= 11 is 0. The Kier molecular flexibility index (Phi) is 6.65. The van der Waals surface area contributed by atoms with E-state index in [2.05, 4.69) is 23.9 Å². The Bertz CT molecular complexity index is 344. The summed E-state index contributed by atoms with van der Waals surface area (Å²) in [6.07, 6.45) is 3.24. The third-order valence-electron chi connectivity index (χ3n) is 2.90. The van der Waals surface area contributed by atoms with Gasteiger partial charge in [-0.2, -0.15) is 8.78 Å². The summed E-state index contributed by atoms with van der Waals surface area (Å²) in [5.41, 5.74) is 0.771. The van der Waals surface area contributed by atoms with E-state index in [-0.39, 0.29) is 5.75 Å². The fourth-order valence-electron chi connectivity index (χ4n) is 1.91. The molecule has 1 rings (SSSR count). The van der Waals surface area contributed by atoms with Gasteiger partial charge in [0.05, 0.1) is 0 Å². The predicted molar refractivity (Wildman–Crippen MR) is 68.9 cm³/mol. The molecule has 0 fully saturated rings. The zero-order valence-corrected chi connectivity index (χ0v) is 11.0. The quantitative estimate of drug-likeness (QED) is 0.761. The molecule has 0 aromatic heterocycles. The Labute approximate surface area is 107 Å². The van der Waals surface area contributed by atoms with E-state index in [1.807, 2.05) is 12.1 Å². The number of rotatable bonds is 8. The first kappa shape index (κ1) is 14.9. The molecule has 4 heteroatoms. The second-order valence-electron chi connectivity index (χ2n) is 4.26. The van der Waals surface area contributed by atoms with Gasteiger partial charge in [0, 0.05) is 18.2 Å². The van der Waals surface area contributed by atoms with Gasteiger partial charge in [-0.15, -0.1) is 0 Å². The highest BCUT2D eigenvalue weighted by atomic mass is 19.3. The average molecular weight is 257 g/mol. The number of hydrogen-bond donors (Lipinski definition) is 1. The lowest BCUT2D eigenvalue weighted by molar-refractivity contribution is -0.0505. The highest BCUT2D eigenvalue weighted by Gasteiger charge is 2.10. The number of benzene rings is 1. The summed E-state index contributed by atoms with van der Waals surface area (Å²) in [5.74, 6) is 0.256. The normalized spacial score (nSPS) is 12.7. The molecule has 1 unspecified atom stereocenters. The molecule has 1 atom stereocenters. The van der Waals surface area contributed by atoms with Crippen molar-refractivity contribution in [2.75, 3.05) is 0 Å². The maximum Gasteiger partial charge on any atom is 0.387 e. The summed E-state index contributed by atoms with van der Waals surface area (Å²) in [4.78, 5) is 0. The third-order valence-corrected chi connectivity index (χ3v) is 2.90. The van der Waals surface area contributed by atoms with Gasteiger partial charge < -0.3 is 10.1 Å². The van der Waals surface area contributed by atoms with Crippen LogP contribution < -0.4 is 10.1 Å². The van der Waals surface area contributed by atoms with E-state index in [1.165, 1.54) is 0 Å². The largest absolute Gasteiger partial charge is 0.434 e. The fraction of sp³-hybridized carbons (Fsp3) is 0.571. The van der Waals surface area contributed by atoms with Crippen LogP contribution in [-0.2, 0) is 6.54 Å².